The first kappa shape index (κ1) is 11.5. The minimum atomic E-state index is -0.554. The van der Waals surface area contributed by atoms with Crippen LogP contribution in [-0.4, -0.2) is 16.9 Å². The second-order valence-electron chi connectivity index (χ2n) is 3.59. The molecule has 2 rings (SSSR count). The lowest BCUT2D eigenvalue weighted by atomic mass is 10.2. The molecule has 0 spiro atoms. The number of fused-ring (bicyclic) bond motifs is 1. The first-order valence-electron chi connectivity index (χ1n) is 4.97. The minimum absolute atomic E-state index is 0.241. The van der Waals surface area contributed by atoms with Crippen molar-refractivity contribution in [3.05, 3.63) is 23.2 Å². The minimum Gasteiger partial charge on any atom is -0.325 e. The van der Waals surface area contributed by atoms with Gasteiger partial charge in [-0.2, -0.15) is 5.26 Å². The summed E-state index contributed by atoms with van der Waals surface area (Å²) in [4.78, 5) is 15.5. The number of hydrogen-bond donors (Lipinski definition) is 2. The van der Waals surface area contributed by atoms with Gasteiger partial charge in [0.1, 0.15) is 6.07 Å². The summed E-state index contributed by atoms with van der Waals surface area (Å²) in [5.41, 5.74) is 6.87. The van der Waals surface area contributed by atoms with Crippen LogP contribution in [0.15, 0.2) is 18.2 Å². The van der Waals surface area contributed by atoms with E-state index in [2.05, 4.69) is 10.3 Å². The summed E-state index contributed by atoms with van der Waals surface area (Å²) in [6.45, 7) is 1.62. The highest BCUT2D eigenvalue weighted by atomic mass is 32.1. The number of anilines is 1. The van der Waals surface area contributed by atoms with Crippen molar-refractivity contribution in [1.82, 2.24) is 4.98 Å². The summed E-state index contributed by atoms with van der Waals surface area (Å²) in [6.07, 6.45) is 0. The molecule has 0 aliphatic carbocycles. The largest absolute Gasteiger partial charge is 0.325 e. The van der Waals surface area contributed by atoms with Gasteiger partial charge in [-0.15, -0.1) is 11.3 Å². The van der Waals surface area contributed by atoms with E-state index < -0.39 is 6.04 Å². The van der Waals surface area contributed by atoms with Crippen LogP contribution in [0.5, 0.6) is 0 Å². The van der Waals surface area contributed by atoms with Gasteiger partial charge in [0.2, 0.25) is 5.91 Å². The van der Waals surface area contributed by atoms with Gasteiger partial charge < -0.3 is 11.1 Å². The maximum Gasteiger partial charge on any atom is 0.240 e. The SMILES string of the molecule is CC(N)C(=O)Nc1ccc2nc(C#N)sc2c1. The predicted octanol–water partition coefficient (Wildman–Crippen LogP) is 1.45. The van der Waals surface area contributed by atoms with Gasteiger partial charge in [-0.1, -0.05) is 0 Å². The van der Waals surface area contributed by atoms with E-state index in [1.165, 1.54) is 11.3 Å². The monoisotopic (exact) mass is 246 g/mol. The van der Waals surface area contributed by atoms with E-state index in [-0.39, 0.29) is 5.91 Å². The highest BCUT2D eigenvalue weighted by Gasteiger charge is 2.09. The average Bonchev–Trinajstić information content (AvgIpc) is 2.70. The molecule has 0 aliphatic heterocycles. The lowest BCUT2D eigenvalue weighted by Crippen LogP contribution is -2.32. The van der Waals surface area contributed by atoms with E-state index in [4.69, 9.17) is 11.0 Å². The number of carbonyl (C=O) groups excluding carboxylic acids is 1. The summed E-state index contributed by atoms with van der Waals surface area (Å²) in [6, 6.07) is 6.73. The highest BCUT2D eigenvalue weighted by molar-refractivity contribution is 7.19. The second kappa shape index (κ2) is 4.49. The molecule has 0 fully saturated rings. The van der Waals surface area contributed by atoms with Crippen LogP contribution in [0.1, 0.15) is 11.9 Å². The molecular formula is C11H10N4OS. The Morgan fingerprint density at radius 1 is 1.65 bits per heavy atom. The summed E-state index contributed by atoms with van der Waals surface area (Å²) in [5, 5.41) is 11.8. The fraction of sp³-hybridized carbons (Fsp3) is 0.182. The van der Waals surface area contributed by atoms with Crippen molar-refractivity contribution in [1.29, 1.82) is 5.26 Å². The van der Waals surface area contributed by atoms with Crippen LogP contribution in [-0.2, 0) is 4.79 Å². The Hall–Kier alpha value is -1.97. The number of nitrogens with one attached hydrogen (secondary N) is 1. The first-order chi connectivity index (χ1) is 8.10. The summed E-state index contributed by atoms with van der Waals surface area (Å²) in [5.74, 6) is -0.241. The van der Waals surface area contributed by atoms with Crippen molar-refractivity contribution >= 4 is 33.1 Å². The molecule has 17 heavy (non-hydrogen) atoms. The molecule has 1 amide bonds. The standard InChI is InChI=1S/C11H10N4OS/c1-6(13)11(16)14-7-2-3-8-9(4-7)17-10(5-12)15-8/h2-4,6H,13H2,1H3,(H,14,16). The normalized spacial score (nSPS) is 12.1. The third-order valence-electron chi connectivity index (χ3n) is 2.17. The fourth-order valence-electron chi connectivity index (χ4n) is 1.31. The molecule has 1 heterocycles. The maximum atomic E-state index is 11.4. The van der Waals surface area contributed by atoms with Gasteiger partial charge in [-0.05, 0) is 25.1 Å². The van der Waals surface area contributed by atoms with Crippen LogP contribution in [0.3, 0.4) is 0 Å². The zero-order valence-corrected chi connectivity index (χ0v) is 9.91. The molecule has 0 bridgehead atoms. The quantitative estimate of drug-likeness (QED) is 0.839. The Morgan fingerprint density at radius 3 is 3.06 bits per heavy atom. The Bertz CT molecular complexity index is 611. The van der Waals surface area contributed by atoms with Gasteiger partial charge in [0, 0.05) is 5.69 Å². The average molecular weight is 246 g/mol. The maximum absolute atomic E-state index is 11.4. The number of nitrogens with zero attached hydrogens (tertiary/aromatic N) is 2. The molecule has 0 saturated carbocycles. The van der Waals surface area contributed by atoms with Crippen LogP contribution in [0.25, 0.3) is 10.2 Å². The van der Waals surface area contributed by atoms with E-state index >= 15 is 0 Å². The Morgan fingerprint density at radius 2 is 2.41 bits per heavy atom. The summed E-state index contributed by atoms with van der Waals surface area (Å²) >= 11 is 1.29. The van der Waals surface area contributed by atoms with Crippen molar-refractivity contribution in [2.45, 2.75) is 13.0 Å². The van der Waals surface area contributed by atoms with Gasteiger partial charge in [0.15, 0.2) is 5.01 Å². The Kier molecular flexibility index (Phi) is 3.04. The number of rotatable bonds is 2. The molecule has 1 unspecified atom stereocenters. The van der Waals surface area contributed by atoms with Crippen LogP contribution >= 0.6 is 11.3 Å². The second-order valence-corrected chi connectivity index (χ2v) is 4.62. The smallest absolute Gasteiger partial charge is 0.240 e. The van der Waals surface area contributed by atoms with Gasteiger partial charge in [0.05, 0.1) is 16.3 Å². The lowest BCUT2D eigenvalue weighted by Gasteiger charge is -2.07. The predicted molar refractivity (Wildman–Crippen MR) is 66.6 cm³/mol. The molecule has 0 saturated heterocycles. The van der Waals surface area contributed by atoms with E-state index in [0.29, 0.717) is 10.7 Å². The van der Waals surface area contributed by atoms with Crippen LogP contribution in [0, 0.1) is 11.3 Å². The number of hydrogen-bond acceptors (Lipinski definition) is 5. The van der Waals surface area contributed by atoms with Crippen LogP contribution in [0.2, 0.25) is 0 Å². The Balaban J connectivity index is 2.32. The number of carbonyl (C=O) groups is 1. The van der Waals surface area contributed by atoms with E-state index in [9.17, 15) is 4.79 Å². The third-order valence-corrected chi connectivity index (χ3v) is 3.09. The fourth-order valence-corrected chi connectivity index (χ4v) is 2.11. The topological polar surface area (TPSA) is 91.8 Å². The van der Waals surface area contributed by atoms with Crippen LogP contribution in [0.4, 0.5) is 5.69 Å². The van der Waals surface area contributed by atoms with Gasteiger partial charge in [-0.25, -0.2) is 4.98 Å². The summed E-state index contributed by atoms with van der Waals surface area (Å²) < 4.78 is 0.865. The molecule has 6 heteroatoms. The van der Waals surface area contributed by atoms with E-state index in [1.54, 1.807) is 25.1 Å². The number of amides is 1. The molecule has 0 aliphatic rings. The van der Waals surface area contributed by atoms with Crippen molar-refractivity contribution in [2.24, 2.45) is 5.73 Å². The molecule has 0 radical (unpaired) electrons. The molecule has 1 atom stereocenters. The first-order valence-corrected chi connectivity index (χ1v) is 5.79. The Labute approximate surface area is 102 Å². The van der Waals surface area contributed by atoms with Crippen molar-refractivity contribution in [3.63, 3.8) is 0 Å². The number of benzene rings is 1. The third kappa shape index (κ3) is 2.41. The van der Waals surface area contributed by atoms with Crippen molar-refractivity contribution in [2.75, 3.05) is 5.32 Å². The zero-order chi connectivity index (χ0) is 12.4. The molecule has 3 N–H and O–H groups in total. The molecular weight excluding hydrogens is 236 g/mol. The molecule has 1 aromatic heterocycles. The van der Waals surface area contributed by atoms with Crippen molar-refractivity contribution < 1.29 is 4.79 Å². The zero-order valence-electron chi connectivity index (χ0n) is 9.10. The number of nitriles is 1. The van der Waals surface area contributed by atoms with Gasteiger partial charge in [-0.3, -0.25) is 4.79 Å². The number of nitrogens with two attached hydrogens (primary N) is 1. The highest BCUT2D eigenvalue weighted by Crippen LogP contribution is 2.24. The molecule has 5 nitrogen and oxygen atoms in total. The van der Waals surface area contributed by atoms with Crippen LogP contribution < -0.4 is 11.1 Å². The molecule has 2 aromatic rings. The molecule has 1 aromatic carbocycles. The van der Waals surface area contributed by atoms with Gasteiger partial charge in [0.25, 0.3) is 0 Å². The summed E-state index contributed by atoms with van der Waals surface area (Å²) in [7, 11) is 0. The molecule has 86 valence electrons. The van der Waals surface area contributed by atoms with E-state index in [1.807, 2.05) is 6.07 Å². The van der Waals surface area contributed by atoms with E-state index in [0.717, 1.165) is 10.2 Å². The number of aromatic nitrogens is 1. The van der Waals surface area contributed by atoms with Gasteiger partial charge >= 0.3 is 0 Å². The van der Waals surface area contributed by atoms with Crippen molar-refractivity contribution in [3.8, 4) is 6.07 Å². The number of thiazole rings is 1. The lowest BCUT2D eigenvalue weighted by molar-refractivity contribution is -0.117.